The van der Waals surface area contributed by atoms with Gasteiger partial charge in [0.15, 0.2) is 0 Å². The van der Waals surface area contributed by atoms with Gasteiger partial charge in [0.1, 0.15) is 5.60 Å². The van der Waals surface area contributed by atoms with E-state index in [9.17, 15) is 4.79 Å². The van der Waals surface area contributed by atoms with Crippen LogP contribution in [-0.2, 0) is 9.53 Å². The van der Waals surface area contributed by atoms with Crippen LogP contribution in [0.4, 0.5) is 0 Å². The van der Waals surface area contributed by atoms with Crippen LogP contribution in [0.15, 0.2) is 0 Å². The molecule has 0 radical (unpaired) electrons. The fourth-order valence-corrected chi connectivity index (χ4v) is 2.78. The molecule has 0 N–H and O–H groups in total. The second kappa shape index (κ2) is 5.22. The summed E-state index contributed by atoms with van der Waals surface area (Å²) in [5.41, 5.74) is -0.337. The fourth-order valence-electron chi connectivity index (χ4n) is 2.78. The number of hydrogen-bond acceptors (Lipinski definition) is 2. The minimum Gasteiger partial charge on any atom is -0.459 e. The number of rotatable bonds is 4. The highest BCUT2D eigenvalue weighted by molar-refractivity contribution is 5.76. The van der Waals surface area contributed by atoms with E-state index >= 15 is 0 Å². The summed E-state index contributed by atoms with van der Waals surface area (Å²) in [7, 11) is 0. The van der Waals surface area contributed by atoms with Crippen LogP contribution in [0.2, 0.25) is 0 Å². The van der Waals surface area contributed by atoms with E-state index in [1.54, 1.807) is 0 Å². The molecule has 0 atom stereocenters. The molecule has 1 fully saturated rings. The Labute approximate surface area is 112 Å². The van der Waals surface area contributed by atoms with Gasteiger partial charge in [0, 0.05) is 0 Å². The average Bonchev–Trinajstić information content (AvgIpc) is 2.63. The maximum absolute atomic E-state index is 12.3. The Balaban J connectivity index is 2.78. The van der Waals surface area contributed by atoms with Gasteiger partial charge in [-0.2, -0.15) is 0 Å². The highest BCUT2D eigenvalue weighted by Gasteiger charge is 2.43. The summed E-state index contributed by atoms with van der Waals surface area (Å²) >= 11 is 0. The lowest BCUT2D eigenvalue weighted by Crippen LogP contribution is -2.40. The second-order valence-electron chi connectivity index (χ2n) is 7.75. The van der Waals surface area contributed by atoms with Crippen LogP contribution in [0.5, 0.6) is 0 Å². The quantitative estimate of drug-likeness (QED) is 0.679. The van der Waals surface area contributed by atoms with Crippen LogP contribution >= 0.6 is 0 Å². The van der Waals surface area contributed by atoms with Crippen molar-refractivity contribution in [2.24, 2.45) is 10.8 Å². The van der Waals surface area contributed by atoms with Gasteiger partial charge < -0.3 is 4.74 Å². The van der Waals surface area contributed by atoms with Crippen LogP contribution in [0.3, 0.4) is 0 Å². The lowest BCUT2D eigenvalue weighted by atomic mass is 9.80. The number of carbonyl (C=O) groups is 1. The standard InChI is InChI=1S/C16H30O2/c1-7-15(5,6)13(17)18-16(10-8-9-11-16)12-14(2,3)4/h7-12H2,1-6H3. The third kappa shape index (κ3) is 4.00. The maximum atomic E-state index is 12.3. The smallest absolute Gasteiger partial charge is 0.312 e. The normalized spacial score (nSPS) is 19.9. The number of carbonyl (C=O) groups excluding carboxylic acids is 1. The van der Waals surface area contributed by atoms with Gasteiger partial charge in [-0.25, -0.2) is 0 Å². The Bertz CT molecular complexity index is 291. The number of esters is 1. The van der Waals surface area contributed by atoms with Crippen molar-refractivity contribution < 1.29 is 9.53 Å². The molecule has 0 amide bonds. The zero-order chi connectivity index (χ0) is 14.0. The van der Waals surface area contributed by atoms with Crippen molar-refractivity contribution in [3.05, 3.63) is 0 Å². The molecule has 0 unspecified atom stereocenters. The molecule has 0 bridgehead atoms. The van der Waals surface area contributed by atoms with Gasteiger partial charge in [-0.3, -0.25) is 4.79 Å². The van der Waals surface area contributed by atoms with Gasteiger partial charge in [-0.1, -0.05) is 27.7 Å². The first-order valence-electron chi connectivity index (χ1n) is 7.34. The van der Waals surface area contributed by atoms with E-state index in [-0.39, 0.29) is 22.4 Å². The van der Waals surface area contributed by atoms with Gasteiger partial charge in [0.05, 0.1) is 5.41 Å². The van der Waals surface area contributed by atoms with Crippen molar-refractivity contribution in [2.45, 2.75) is 85.7 Å². The summed E-state index contributed by atoms with van der Waals surface area (Å²) in [6.07, 6.45) is 6.26. The molecule has 1 saturated carbocycles. The summed E-state index contributed by atoms with van der Waals surface area (Å²) in [5.74, 6) is -0.0175. The van der Waals surface area contributed by atoms with E-state index in [1.807, 2.05) is 20.8 Å². The molecule has 1 aliphatic rings. The summed E-state index contributed by atoms with van der Waals surface area (Å²) in [6.45, 7) is 12.7. The predicted molar refractivity (Wildman–Crippen MR) is 75.4 cm³/mol. The van der Waals surface area contributed by atoms with Crippen LogP contribution in [0.25, 0.3) is 0 Å². The Hall–Kier alpha value is -0.530. The topological polar surface area (TPSA) is 26.3 Å². The van der Waals surface area contributed by atoms with Crippen LogP contribution in [-0.4, -0.2) is 11.6 Å². The molecular weight excluding hydrogens is 224 g/mol. The Morgan fingerprint density at radius 3 is 2.00 bits per heavy atom. The summed E-state index contributed by atoms with van der Waals surface area (Å²) < 4.78 is 5.99. The van der Waals surface area contributed by atoms with Gasteiger partial charge in [0.2, 0.25) is 0 Å². The molecule has 0 heterocycles. The molecule has 0 aromatic rings. The summed E-state index contributed by atoms with van der Waals surface area (Å²) in [4.78, 5) is 12.3. The predicted octanol–water partition coefficient (Wildman–Crippen LogP) is 4.71. The molecule has 0 spiro atoms. The fraction of sp³-hybridized carbons (Fsp3) is 0.938. The highest BCUT2D eigenvalue weighted by atomic mass is 16.6. The first-order valence-corrected chi connectivity index (χ1v) is 7.34. The molecule has 1 aliphatic carbocycles. The Morgan fingerprint density at radius 1 is 1.11 bits per heavy atom. The number of hydrogen-bond donors (Lipinski definition) is 0. The summed E-state index contributed by atoms with van der Waals surface area (Å²) in [5, 5.41) is 0. The third-order valence-corrected chi connectivity index (χ3v) is 4.11. The first-order chi connectivity index (χ1) is 8.10. The van der Waals surface area contributed by atoms with E-state index in [0.717, 1.165) is 25.7 Å². The monoisotopic (exact) mass is 254 g/mol. The molecular formula is C16H30O2. The zero-order valence-corrected chi connectivity index (χ0v) is 13.1. The van der Waals surface area contributed by atoms with E-state index in [4.69, 9.17) is 4.74 Å². The van der Waals surface area contributed by atoms with Gasteiger partial charge in [0.25, 0.3) is 0 Å². The van der Waals surface area contributed by atoms with E-state index in [0.29, 0.717) is 0 Å². The van der Waals surface area contributed by atoms with Crippen molar-refractivity contribution >= 4 is 5.97 Å². The molecule has 2 nitrogen and oxygen atoms in total. The van der Waals surface area contributed by atoms with Crippen molar-refractivity contribution in [2.75, 3.05) is 0 Å². The molecule has 0 saturated heterocycles. The lowest BCUT2D eigenvalue weighted by molar-refractivity contribution is -0.173. The first kappa shape index (κ1) is 15.5. The largest absolute Gasteiger partial charge is 0.459 e. The molecule has 106 valence electrons. The van der Waals surface area contributed by atoms with Gasteiger partial charge >= 0.3 is 5.97 Å². The third-order valence-electron chi connectivity index (χ3n) is 4.11. The van der Waals surface area contributed by atoms with Crippen LogP contribution < -0.4 is 0 Å². The zero-order valence-electron chi connectivity index (χ0n) is 13.1. The van der Waals surface area contributed by atoms with Gasteiger partial charge in [-0.05, 0) is 57.8 Å². The van der Waals surface area contributed by atoms with E-state index < -0.39 is 0 Å². The minimum atomic E-state index is -0.354. The molecule has 1 rings (SSSR count). The SMILES string of the molecule is CCC(C)(C)C(=O)OC1(CC(C)(C)C)CCCC1. The Kier molecular flexibility index (Phi) is 4.51. The van der Waals surface area contributed by atoms with E-state index in [1.165, 1.54) is 12.8 Å². The average molecular weight is 254 g/mol. The summed E-state index contributed by atoms with van der Waals surface area (Å²) in [6, 6.07) is 0. The van der Waals surface area contributed by atoms with Crippen molar-refractivity contribution in [1.29, 1.82) is 0 Å². The van der Waals surface area contributed by atoms with E-state index in [2.05, 4.69) is 20.8 Å². The maximum Gasteiger partial charge on any atom is 0.312 e. The van der Waals surface area contributed by atoms with Crippen LogP contribution in [0, 0.1) is 10.8 Å². The molecule has 18 heavy (non-hydrogen) atoms. The number of ether oxygens (including phenoxy) is 1. The van der Waals surface area contributed by atoms with Crippen molar-refractivity contribution in [1.82, 2.24) is 0 Å². The highest BCUT2D eigenvalue weighted by Crippen LogP contribution is 2.43. The molecule has 2 heteroatoms. The minimum absolute atomic E-state index is 0.0175. The molecule has 0 aromatic carbocycles. The second-order valence-corrected chi connectivity index (χ2v) is 7.75. The van der Waals surface area contributed by atoms with Crippen molar-refractivity contribution in [3.8, 4) is 0 Å². The van der Waals surface area contributed by atoms with Crippen molar-refractivity contribution in [3.63, 3.8) is 0 Å². The van der Waals surface area contributed by atoms with Gasteiger partial charge in [-0.15, -0.1) is 0 Å². The Morgan fingerprint density at radius 2 is 1.61 bits per heavy atom. The van der Waals surface area contributed by atoms with Crippen LogP contribution in [0.1, 0.15) is 80.1 Å². The molecule has 0 aliphatic heterocycles. The lowest BCUT2D eigenvalue weighted by Gasteiger charge is -2.37. The molecule has 0 aromatic heterocycles.